The van der Waals surface area contributed by atoms with Crippen molar-refractivity contribution >= 4 is 5.69 Å². The summed E-state index contributed by atoms with van der Waals surface area (Å²) in [6.45, 7) is 0.281. The van der Waals surface area contributed by atoms with E-state index in [9.17, 15) is 8.78 Å². The van der Waals surface area contributed by atoms with Crippen molar-refractivity contribution in [3.63, 3.8) is 0 Å². The second kappa shape index (κ2) is 8.72. The van der Waals surface area contributed by atoms with Crippen LogP contribution in [0, 0.1) is 0 Å². The molecule has 0 saturated carbocycles. The van der Waals surface area contributed by atoms with Gasteiger partial charge in [-0.25, -0.2) is 0 Å². The maximum atomic E-state index is 12.0. The Morgan fingerprint density at radius 1 is 1.17 bits per heavy atom. The molecule has 2 nitrogen and oxygen atoms in total. The number of nitrogens with one attached hydrogen (secondary N) is 1. The lowest BCUT2D eigenvalue weighted by molar-refractivity contribution is -0.0498. The largest absolute Gasteiger partial charge is 0.435 e. The van der Waals surface area contributed by atoms with Crippen molar-refractivity contribution in [3.05, 3.63) is 24.3 Å². The van der Waals surface area contributed by atoms with Crippen molar-refractivity contribution in [2.24, 2.45) is 0 Å². The van der Waals surface area contributed by atoms with Crippen LogP contribution >= 0.6 is 0 Å². The van der Waals surface area contributed by atoms with Crippen LogP contribution in [0.2, 0.25) is 0 Å². The van der Waals surface area contributed by atoms with Gasteiger partial charge >= 0.3 is 6.61 Å². The number of hydrogen-bond acceptors (Lipinski definition) is 2. The summed E-state index contributed by atoms with van der Waals surface area (Å²) in [6, 6.07) is 6.68. The van der Waals surface area contributed by atoms with Crippen LogP contribution in [0.15, 0.2) is 24.3 Å². The summed E-state index contributed by atoms with van der Waals surface area (Å²) in [6.07, 6.45) is 6.07. The Morgan fingerprint density at radius 2 is 1.94 bits per heavy atom. The minimum Gasteiger partial charge on any atom is -0.435 e. The number of halogens is 2. The summed E-state index contributed by atoms with van der Waals surface area (Å²) in [5.74, 6) is 0.195. The number of rotatable bonds is 9. The third kappa shape index (κ3) is 6.42. The molecule has 18 heavy (non-hydrogen) atoms. The molecule has 0 unspecified atom stereocenters. The minimum absolute atomic E-state index is 0.195. The van der Waals surface area contributed by atoms with Crippen LogP contribution < -0.4 is 10.1 Å². The highest BCUT2D eigenvalue weighted by Crippen LogP contribution is 2.19. The van der Waals surface area contributed by atoms with E-state index in [1.165, 1.54) is 31.7 Å². The van der Waals surface area contributed by atoms with Crippen LogP contribution in [0.5, 0.6) is 5.75 Å². The van der Waals surface area contributed by atoms with Crippen LogP contribution in [0.1, 0.15) is 39.0 Å². The van der Waals surface area contributed by atoms with Gasteiger partial charge in [-0.2, -0.15) is 8.78 Å². The number of anilines is 1. The Labute approximate surface area is 107 Å². The van der Waals surface area contributed by atoms with E-state index in [1.54, 1.807) is 12.1 Å². The summed E-state index contributed by atoms with van der Waals surface area (Å²) in [4.78, 5) is 0. The highest BCUT2D eigenvalue weighted by molar-refractivity contribution is 5.48. The van der Waals surface area contributed by atoms with Gasteiger partial charge in [-0.3, -0.25) is 0 Å². The first-order chi connectivity index (χ1) is 8.72. The molecular weight excluding hydrogens is 236 g/mol. The molecule has 102 valence electrons. The van der Waals surface area contributed by atoms with Crippen LogP contribution in [-0.2, 0) is 0 Å². The summed E-state index contributed by atoms with van der Waals surface area (Å²) in [5, 5.41) is 3.21. The molecule has 0 bridgehead atoms. The summed E-state index contributed by atoms with van der Waals surface area (Å²) in [7, 11) is 0. The molecule has 1 aromatic carbocycles. The molecule has 0 saturated heterocycles. The lowest BCUT2D eigenvalue weighted by atomic mass is 10.1. The maximum Gasteiger partial charge on any atom is 0.387 e. The van der Waals surface area contributed by atoms with E-state index in [4.69, 9.17) is 0 Å². The standard InChI is InChI=1S/C14H21F2NO/c1-2-3-4-5-6-10-17-12-8-7-9-13(11-12)18-14(15)16/h7-9,11,14,17H,2-6,10H2,1H3. The Bertz CT molecular complexity index is 331. The van der Waals surface area contributed by atoms with Gasteiger partial charge in [-0.05, 0) is 18.6 Å². The first-order valence-corrected chi connectivity index (χ1v) is 6.51. The summed E-state index contributed by atoms with van der Waals surface area (Å²) in [5.41, 5.74) is 0.823. The zero-order valence-corrected chi connectivity index (χ0v) is 10.8. The van der Waals surface area contributed by atoms with Gasteiger partial charge in [0.1, 0.15) is 5.75 Å². The third-order valence-electron chi connectivity index (χ3n) is 2.67. The van der Waals surface area contributed by atoms with Gasteiger partial charge < -0.3 is 10.1 Å². The van der Waals surface area contributed by atoms with Crippen LogP contribution in [0.4, 0.5) is 14.5 Å². The topological polar surface area (TPSA) is 21.3 Å². The van der Waals surface area contributed by atoms with E-state index in [-0.39, 0.29) is 5.75 Å². The molecule has 1 N–H and O–H groups in total. The lowest BCUT2D eigenvalue weighted by Crippen LogP contribution is -2.04. The van der Waals surface area contributed by atoms with Gasteiger partial charge in [0.25, 0.3) is 0 Å². The van der Waals surface area contributed by atoms with Crippen molar-refractivity contribution in [3.8, 4) is 5.75 Å². The normalized spacial score (nSPS) is 10.7. The predicted octanol–water partition coefficient (Wildman–Crippen LogP) is 4.67. The molecule has 0 amide bonds. The van der Waals surface area contributed by atoms with E-state index >= 15 is 0 Å². The monoisotopic (exact) mass is 257 g/mol. The fourth-order valence-electron chi connectivity index (χ4n) is 1.74. The molecule has 0 aromatic heterocycles. The van der Waals surface area contributed by atoms with E-state index < -0.39 is 6.61 Å². The molecule has 0 aliphatic heterocycles. The summed E-state index contributed by atoms with van der Waals surface area (Å²) < 4.78 is 28.4. The van der Waals surface area contributed by atoms with Gasteiger partial charge in [0, 0.05) is 18.3 Å². The van der Waals surface area contributed by atoms with Crippen LogP contribution in [0.25, 0.3) is 0 Å². The third-order valence-corrected chi connectivity index (χ3v) is 2.67. The number of alkyl halides is 2. The fraction of sp³-hybridized carbons (Fsp3) is 0.571. The highest BCUT2D eigenvalue weighted by Gasteiger charge is 2.04. The van der Waals surface area contributed by atoms with Gasteiger partial charge in [0.2, 0.25) is 0 Å². The number of hydrogen-bond donors (Lipinski definition) is 1. The SMILES string of the molecule is CCCCCCCNc1cccc(OC(F)F)c1. The zero-order chi connectivity index (χ0) is 13.2. The average Bonchev–Trinajstić information content (AvgIpc) is 2.33. The fourth-order valence-corrected chi connectivity index (χ4v) is 1.74. The van der Waals surface area contributed by atoms with Gasteiger partial charge in [0.15, 0.2) is 0 Å². The van der Waals surface area contributed by atoms with Crippen LogP contribution in [0.3, 0.4) is 0 Å². The Balaban J connectivity index is 2.25. The summed E-state index contributed by atoms with van der Waals surface area (Å²) >= 11 is 0. The minimum atomic E-state index is -2.77. The predicted molar refractivity (Wildman–Crippen MR) is 70.3 cm³/mol. The van der Waals surface area contributed by atoms with Crippen molar-refractivity contribution in [1.82, 2.24) is 0 Å². The second-order valence-electron chi connectivity index (χ2n) is 4.25. The molecule has 0 heterocycles. The maximum absolute atomic E-state index is 12.0. The molecular formula is C14H21F2NO. The number of unbranched alkanes of at least 4 members (excludes halogenated alkanes) is 4. The van der Waals surface area contributed by atoms with E-state index in [2.05, 4.69) is 17.0 Å². The van der Waals surface area contributed by atoms with Crippen molar-refractivity contribution in [2.45, 2.75) is 45.6 Å². The molecule has 4 heteroatoms. The molecule has 1 aromatic rings. The Kier molecular flexibility index (Phi) is 7.14. The first-order valence-electron chi connectivity index (χ1n) is 6.51. The quantitative estimate of drug-likeness (QED) is 0.649. The van der Waals surface area contributed by atoms with Crippen molar-refractivity contribution in [2.75, 3.05) is 11.9 Å². The van der Waals surface area contributed by atoms with Crippen molar-refractivity contribution < 1.29 is 13.5 Å². The Morgan fingerprint density at radius 3 is 2.67 bits per heavy atom. The van der Waals surface area contributed by atoms with E-state index in [1.807, 2.05) is 6.07 Å². The average molecular weight is 257 g/mol. The smallest absolute Gasteiger partial charge is 0.387 e. The molecule has 1 rings (SSSR count). The molecule has 0 aliphatic carbocycles. The Hall–Kier alpha value is -1.32. The van der Waals surface area contributed by atoms with Gasteiger partial charge in [-0.1, -0.05) is 38.7 Å². The lowest BCUT2D eigenvalue weighted by Gasteiger charge is -2.09. The molecule has 0 spiro atoms. The molecule has 0 aliphatic rings. The van der Waals surface area contributed by atoms with Crippen LogP contribution in [-0.4, -0.2) is 13.2 Å². The van der Waals surface area contributed by atoms with Gasteiger partial charge in [0.05, 0.1) is 0 Å². The number of ether oxygens (including phenoxy) is 1. The van der Waals surface area contributed by atoms with Crippen molar-refractivity contribution in [1.29, 1.82) is 0 Å². The van der Waals surface area contributed by atoms with Gasteiger partial charge in [-0.15, -0.1) is 0 Å². The number of benzene rings is 1. The first kappa shape index (κ1) is 14.7. The molecule has 0 atom stereocenters. The highest BCUT2D eigenvalue weighted by atomic mass is 19.3. The second-order valence-corrected chi connectivity index (χ2v) is 4.25. The van der Waals surface area contributed by atoms with E-state index in [0.29, 0.717) is 0 Å². The molecule has 0 fully saturated rings. The van der Waals surface area contributed by atoms with E-state index in [0.717, 1.165) is 18.7 Å². The molecule has 0 radical (unpaired) electrons. The zero-order valence-electron chi connectivity index (χ0n) is 10.8.